The summed E-state index contributed by atoms with van der Waals surface area (Å²) >= 11 is 0. The van der Waals surface area contributed by atoms with Crippen LogP contribution in [0.4, 0.5) is 0 Å². The molecule has 1 aliphatic carbocycles. The van der Waals surface area contributed by atoms with Gasteiger partial charge in [-0.25, -0.2) is 0 Å². The number of nitrogens with zero attached hydrogens (tertiary/aromatic N) is 3. The summed E-state index contributed by atoms with van der Waals surface area (Å²) in [7, 11) is 1.64. The second-order valence-corrected chi connectivity index (χ2v) is 8.82. The van der Waals surface area contributed by atoms with E-state index in [4.69, 9.17) is 9.73 Å². The van der Waals surface area contributed by atoms with E-state index >= 15 is 0 Å². The minimum atomic E-state index is 0. The summed E-state index contributed by atoms with van der Waals surface area (Å²) in [5, 5.41) is 6.60. The predicted octanol–water partition coefficient (Wildman–Crippen LogP) is 2.63. The van der Waals surface area contributed by atoms with Gasteiger partial charge in [0, 0.05) is 58.3 Å². The molecule has 1 aromatic rings. The lowest BCUT2D eigenvalue weighted by atomic mass is 10.0. The summed E-state index contributed by atoms with van der Waals surface area (Å²) in [6.45, 7) is 12.4. The van der Waals surface area contributed by atoms with Crippen molar-refractivity contribution in [1.82, 2.24) is 20.4 Å². The Morgan fingerprint density at radius 2 is 1.88 bits per heavy atom. The van der Waals surface area contributed by atoms with Gasteiger partial charge in [0.15, 0.2) is 5.96 Å². The van der Waals surface area contributed by atoms with Crippen LogP contribution in [0.15, 0.2) is 29.3 Å². The average Bonchev–Trinajstić information content (AvgIpc) is 3.53. The smallest absolute Gasteiger partial charge is 0.234 e. The summed E-state index contributed by atoms with van der Waals surface area (Å²) in [5.74, 6) is 2.22. The Morgan fingerprint density at radius 3 is 2.47 bits per heavy atom. The molecule has 7 nitrogen and oxygen atoms in total. The molecule has 180 valence electrons. The maximum atomic E-state index is 12.0. The number of hydrogen-bond acceptors (Lipinski definition) is 4. The second-order valence-electron chi connectivity index (χ2n) is 8.82. The SMILES string of the molecule is CCN=C(NC1CC1c1ccc(C(C)C)cc1)N1CCN(CC(=O)NCCOC)CC1.I. The number of amides is 1. The molecule has 2 fully saturated rings. The van der Waals surface area contributed by atoms with Crippen LogP contribution in [0, 0.1) is 0 Å². The molecule has 2 N–H and O–H groups in total. The van der Waals surface area contributed by atoms with Crippen molar-refractivity contribution in [2.75, 3.05) is 59.5 Å². The van der Waals surface area contributed by atoms with Gasteiger partial charge >= 0.3 is 0 Å². The molecule has 8 heteroatoms. The number of aliphatic imine (C=N–C) groups is 1. The van der Waals surface area contributed by atoms with Crippen molar-refractivity contribution in [3.05, 3.63) is 35.4 Å². The number of hydrogen-bond donors (Lipinski definition) is 2. The fourth-order valence-corrected chi connectivity index (χ4v) is 4.07. The number of carbonyl (C=O) groups is 1. The van der Waals surface area contributed by atoms with E-state index in [0.29, 0.717) is 37.6 Å². The fourth-order valence-electron chi connectivity index (χ4n) is 4.07. The second kappa shape index (κ2) is 13.3. The Hall–Kier alpha value is -1.39. The van der Waals surface area contributed by atoms with Crippen LogP contribution in [0.5, 0.6) is 0 Å². The highest BCUT2D eigenvalue weighted by Crippen LogP contribution is 2.41. The molecule has 1 aromatic carbocycles. The molecular weight excluding hydrogens is 517 g/mol. The standard InChI is InChI=1S/C24H39N5O2.HI/c1-5-25-24(27-22-16-21(22)20-8-6-19(7-9-20)18(2)3)29-13-11-28(12-14-29)17-23(30)26-10-15-31-4;/h6-9,18,21-22H,5,10-17H2,1-4H3,(H,25,27)(H,26,30);1H. The minimum Gasteiger partial charge on any atom is -0.383 e. The molecule has 2 aliphatic rings. The zero-order chi connectivity index (χ0) is 22.2. The molecular formula is C24H40IN5O2. The molecule has 1 saturated heterocycles. The number of carbonyl (C=O) groups excluding carboxylic acids is 1. The maximum absolute atomic E-state index is 12.0. The van der Waals surface area contributed by atoms with Gasteiger partial charge in [0.25, 0.3) is 0 Å². The van der Waals surface area contributed by atoms with Crippen molar-refractivity contribution in [3.63, 3.8) is 0 Å². The van der Waals surface area contributed by atoms with Crippen LogP contribution in [-0.2, 0) is 9.53 Å². The number of methoxy groups -OCH3 is 1. The lowest BCUT2D eigenvalue weighted by Crippen LogP contribution is -2.54. The van der Waals surface area contributed by atoms with E-state index in [2.05, 4.69) is 65.5 Å². The first-order chi connectivity index (χ1) is 15.0. The molecule has 2 atom stereocenters. The highest BCUT2D eigenvalue weighted by Gasteiger charge is 2.39. The summed E-state index contributed by atoms with van der Waals surface area (Å²) in [5.41, 5.74) is 2.81. The zero-order valence-corrected chi connectivity index (χ0v) is 22.3. The van der Waals surface area contributed by atoms with Crippen molar-refractivity contribution in [3.8, 4) is 0 Å². The summed E-state index contributed by atoms with van der Waals surface area (Å²) in [6, 6.07) is 9.56. The van der Waals surface area contributed by atoms with Crippen LogP contribution >= 0.6 is 24.0 Å². The van der Waals surface area contributed by atoms with E-state index in [0.717, 1.165) is 45.1 Å². The van der Waals surface area contributed by atoms with Gasteiger partial charge in [-0.15, -0.1) is 24.0 Å². The number of halogens is 1. The van der Waals surface area contributed by atoms with Gasteiger partial charge in [0.2, 0.25) is 5.91 Å². The monoisotopic (exact) mass is 557 g/mol. The van der Waals surface area contributed by atoms with Crippen molar-refractivity contribution < 1.29 is 9.53 Å². The predicted molar refractivity (Wildman–Crippen MR) is 141 cm³/mol. The maximum Gasteiger partial charge on any atom is 0.234 e. The van der Waals surface area contributed by atoms with Gasteiger partial charge in [-0.1, -0.05) is 38.1 Å². The number of rotatable bonds is 9. The molecule has 0 radical (unpaired) electrons. The number of benzene rings is 1. The third kappa shape index (κ3) is 7.88. The van der Waals surface area contributed by atoms with Gasteiger partial charge in [-0.05, 0) is 30.4 Å². The lowest BCUT2D eigenvalue weighted by Gasteiger charge is -2.36. The molecule has 1 heterocycles. The molecule has 0 aromatic heterocycles. The molecule has 0 spiro atoms. The van der Waals surface area contributed by atoms with E-state index < -0.39 is 0 Å². The van der Waals surface area contributed by atoms with E-state index in [1.807, 2.05) is 0 Å². The van der Waals surface area contributed by atoms with Crippen LogP contribution in [0.3, 0.4) is 0 Å². The Bertz CT molecular complexity index is 732. The van der Waals surface area contributed by atoms with Crippen LogP contribution < -0.4 is 10.6 Å². The third-order valence-electron chi connectivity index (χ3n) is 6.11. The van der Waals surface area contributed by atoms with E-state index in [1.54, 1.807) is 7.11 Å². The largest absolute Gasteiger partial charge is 0.383 e. The highest BCUT2D eigenvalue weighted by atomic mass is 127. The highest BCUT2D eigenvalue weighted by molar-refractivity contribution is 14.0. The van der Waals surface area contributed by atoms with E-state index in [9.17, 15) is 4.79 Å². The molecule has 32 heavy (non-hydrogen) atoms. The summed E-state index contributed by atoms with van der Waals surface area (Å²) in [4.78, 5) is 21.3. The van der Waals surface area contributed by atoms with Crippen molar-refractivity contribution in [2.45, 2.75) is 45.1 Å². The molecule has 0 bridgehead atoms. The van der Waals surface area contributed by atoms with Gasteiger partial charge in [-0.3, -0.25) is 14.7 Å². The Morgan fingerprint density at radius 1 is 1.19 bits per heavy atom. The Balaban J connectivity index is 0.00000363. The first kappa shape index (κ1) is 26.9. The van der Waals surface area contributed by atoms with Crippen LogP contribution in [0.25, 0.3) is 0 Å². The third-order valence-corrected chi connectivity index (χ3v) is 6.11. The Kier molecular flexibility index (Phi) is 11.2. The van der Waals surface area contributed by atoms with Crippen molar-refractivity contribution in [2.24, 2.45) is 4.99 Å². The first-order valence-electron chi connectivity index (χ1n) is 11.7. The van der Waals surface area contributed by atoms with Crippen LogP contribution in [0.1, 0.15) is 50.2 Å². The molecule has 1 saturated carbocycles. The van der Waals surface area contributed by atoms with Crippen LogP contribution in [-0.4, -0.2) is 87.2 Å². The zero-order valence-electron chi connectivity index (χ0n) is 20.0. The normalized spacial score (nSPS) is 21.3. The average molecular weight is 558 g/mol. The molecule has 1 amide bonds. The molecule has 3 rings (SSSR count). The lowest BCUT2D eigenvalue weighted by molar-refractivity contribution is -0.122. The fraction of sp³-hybridized carbons (Fsp3) is 0.667. The number of nitrogens with one attached hydrogen (secondary N) is 2. The van der Waals surface area contributed by atoms with Gasteiger partial charge in [0.1, 0.15) is 0 Å². The Labute approximate surface area is 210 Å². The van der Waals surface area contributed by atoms with Gasteiger partial charge in [-0.2, -0.15) is 0 Å². The summed E-state index contributed by atoms with van der Waals surface area (Å²) < 4.78 is 4.98. The quantitative estimate of drug-likeness (QED) is 0.212. The molecule has 2 unspecified atom stereocenters. The van der Waals surface area contributed by atoms with Crippen molar-refractivity contribution in [1.29, 1.82) is 0 Å². The topological polar surface area (TPSA) is 69.2 Å². The minimum absolute atomic E-state index is 0. The van der Waals surface area contributed by atoms with E-state index in [1.165, 1.54) is 11.1 Å². The molecule has 1 aliphatic heterocycles. The number of piperazine rings is 1. The number of ether oxygens (including phenoxy) is 1. The van der Waals surface area contributed by atoms with Crippen molar-refractivity contribution >= 4 is 35.8 Å². The van der Waals surface area contributed by atoms with Gasteiger partial charge in [0.05, 0.1) is 13.2 Å². The van der Waals surface area contributed by atoms with Gasteiger partial charge < -0.3 is 20.3 Å². The first-order valence-corrected chi connectivity index (χ1v) is 11.7. The van der Waals surface area contributed by atoms with Crippen LogP contribution in [0.2, 0.25) is 0 Å². The number of guanidine groups is 1. The van der Waals surface area contributed by atoms with E-state index in [-0.39, 0.29) is 29.9 Å². The summed E-state index contributed by atoms with van der Waals surface area (Å²) in [6.07, 6.45) is 1.16.